The summed E-state index contributed by atoms with van der Waals surface area (Å²) >= 11 is 0. The lowest BCUT2D eigenvalue weighted by Crippen LogP contribution is -2.52. The molecule has 0 bridgehead atoms. The van der Waals surface area contributed by atoms with Crippen molar-refractivity contribution in [3.63, 3.8) is 0 Å². The van der Waals surface area contributed by atoms with E-state index in [1.54, 1.807) is 20.8 Å². The van der Waals surface area contributed by atoms with Crippen molar-refractivity contribution in [2.24, 2.45) is 0 Å². The van der Waals surface area contributed by atoms with Crippen LogP contribution in [0, 0.1) is 17.5 Å². The summed E-state index contributed by atoms with van der Waals surface area (Å²) in [7, 11) is 0. The highest BCUT2D eigenvalue weighted by atomic mass is 19.2. The van der Waals surface area contributed by atoms with Gasteiger partial charge in [0.05, 0.1) is 5.69 Å². The van der Waals surface area contributed by atoms with Crippen molar-refractivity contribution in [2.45, 2.75) is 26.4 Å². The van der Waals surface area contributed by atoms with Gasteiger partial charge < -0.3 is 19.9 Å². The minimum Gasteiger partial charge on any atom is -0.444 e. The normalized spacial score (nSPS) is 15.1. The molecule has 1 aromatic carbocycles. The first-order chi connectivity index (χ1) is 11.6. The lowest BCUT2D eigenvalue weighted by molar-refractivity contribution is 0.0174. The molecule has 2 rings (SSSR count). The third-order valence-electron chi connectivity index (χ3n) is 3.50. The molecule has 0 aliphatic carbocycles. The molecule has 6 nitrogen and oxygen atoms in total. The summed E-state index contributed by atoms with van der Waals surface area (Å²) in [6, 6.07) is 1.02. The summed E-state index contributed by atoms with van der Waals surface area (Å²) in [6.45, 7) is 6.18. The Morgan fingerprint density at radius 2 is 1.56 bits per heavy atom. The van der Waals surface area contributed by atoms with E-state index in [0.29, 0.717) is 0 Å². The molecule has 1 aliphatic rings. The van der Waals surface area contributed by atoms with Gasteiger partial charge in [-0.1, -0.05) is 0 Å². The summed E-state index contributed by atoms with van der Waals surface area (Å²) < 4.78 is 44.9. The predicted octanol–water partition coefficient (Wildman–Crippen LogP) is 3.19. The summed E-state index contributed by atoms with van der Waals surface area (Å²) in [6.07, 6.45) is -0.473. The molecule has 1 saturated heterocycles. The van der Waals surface area contributed by atoms with Gasteiger partial charge in [-0.3, -0.25) is 0 Å². The molecule has 0 spiro atoms. The van der Waals surface area contributed by atoms with Crippen LogP contribution in [0.15, 0.2) is 12.1 Å². The number of urea groups is 1. The lowest BCUT2D eigenvalue weighted by Gasteiger charge is -2.35. The van der Waals surface area contributed by atoms with Crippen LogP contribution in [-0.4, -0.2) is 53.7 Å². The van der Waals surface area contributed by atoms with E-state index in [2.05, 4.69) is 5.32 Å². The number of benzene rings is 1. The second kappa shape index (κ2) is 7.20. The van der Waals surface area contributed by atoms with Crippen LogP contribution in [0.2, 0.25) is 0 Å². The summed E-state index contributed by atoms with van der Waals surface area (Å²) in [5.41, 5.74) is -1.06. The largest absolute Gasteiger partial charge is 0.444 e. The molecule has 0 aromatic heterocycles. The number of amides is 3. The Labute approximate surface area is 143 Å². The van der Waals surface area contributed by atoms with E-state index >= 15 is 0 Å². The van der Waals surface area contributed by atoms with E-state index in [0.717, 1.165) is 12.1 Å². The van der Waals surface area contributed by atoms with Gasteiger partial charge in [0.25, 0.3) is 0 Å². The van der Waals surface area contributed by atoms with E-state index in [1.807, 2.05) is 0 Å². The second-order valence-electron chi connectivity index (χ2n) is 6.61. The summed E-state index contributed by atoms with van der Waals surface area (Å²) in [4.78, 5) is 26.9. The minimum absolute atomic E-state index is 0.205. The Kier molecular flexibility index (Phi) is 5.44. The topological polar surface area (TPSA) is 61.9 Å². The fourth-order valence-corrected chi connectivity index (χ4v) is 2.24. The van der Waals surface area contributed by atoms with Crippen LogP contribution in [0.25, 0.3) is 0 Å². The number of hydrogen-bond acceptors (Lipinski definition) is 3. The third-order valence-corrected chi connectivity index (χ3v) is 3.50. The van der Waals surface area contributed by atoms with Gasteiger partial charge >= 0.3 is 12.1 Å². The highest BCUT2D eigenvalue weighted by Crippen LogP contribution is 2.20. The Balaban J connectivity index is 1.92. The highest BCUT2D eigenvalue weighted by Gasteiger charge is 2.28. The summed E-state index contributed by atoms with van der Waals surface area (Å²) in [5, 5.41) is 2.20. The number of rotatable bonds is 1. The van der Waals surface area contributed by atoms with Crippen molar-refractivity contribution in [3.05, 3.63) is 29.6 Å². The lowest BCUT2D eigenvalue weighted by atomic mass is 10.2. The standard InChI is InChI=1S/C16H20F3N3O3/c1-16(2,3)25-15(24)22-8-6-21(7-9-22)14(23)20-11-5-4-10(17)12(18)13(11)19/h4-5H,6-9H2,1-3H3,(H,20,23). The van der Waals surface area contributed by atoms with Crippen molar-refractivity contribution < 1.29 is 27.5 Å². The van der Waals surface area contributed by atoms with Crippen molar-refractivity contribution in [1.82, 2.24) is 9.80 Å². The van der Waals surface area contributed by atoms with E-state index in [1.165, 1.54) is 9.80 Å². The van der Waals surface area contributed by atoms with Gasteiger partial charge in [0.1, 0.15) is 5.60 Å². The first kappa shape index (κ1) is 18.9. The van der Waals surface area contributed by atoms with Gasteiger partial charge in [-0.15, -0.1) is 0 Å². The molecule has 1 heterocycles. The van der Waals surface area contributed by atoms with Crippen LogP contribution < -0.4 is 5.32 Å². The monoisotopic (exact) mass is 359 g/mol. The summed E-state index contributed by atoms with van der Waals surface area (Å²) in [5.74, 6) is -4.44. The predicted molar refractivity (Wildman–Crippen MR) is 84.7 cm³/mol. The number of hydrogen-bond donors (Lipinski definition) is 1. The maximum Gasteiger partial charge on any atom is 0.410 e. The molecule has 1 aromatic rings. The fourth-order valence-electron chi connectivity index (χ4n) is 2.24. The number of halogens is 3. The first-order valence-electron chi connectivity index (χ1n) is 7.76. The van der Waals surface area contributed by atoms with Crippen LogP contribution in [-0.2, 0) is 4.74 Å². The Bertz CT molecular complexity index is 669. The number of nitrogens with one attached hydrogen (secondary N) is 1. The van der Waals surface area contributed by atoms with Gasteiger partial charge in [0.15, 0.2) is 17.5 Å². The average molecular weight is 359 g/mol. The number of carbonyl (C=O) groups excluding carboxylic acids is 2. The zero-order valence-electron chi connectivity index (χ0n) is 14.2. The molecular formula is C16H20F3N3O3. The van der Waals surface area contributed by atoms with Gasteiger partial charge in [-0.2, -0.15) is 0 Å². The number of ether oxygens (including phenoxy) is 1. The molecule has 25 heavy (non-hydrogen) atoms. The molecule has 0 unspecified atom stereocenters. The number of piperazine rings is 1. The van der Waals surface area contributed by atoms with Crippen LogP contribution >= 0.6 is 0 Å². The van der Waals surface area contributed by atoms with E-state index in [-0.39, 0.29) is 26.2 Å². The molecule has 0 saturated carbocycles. The molecule has 1 aliphatic heterocycles. The molecule has 0 radical (unpaired) electrons. The van der Waals surface area contributed by atoms with Gasteiger partial charge in [0.2, 0.25) is 0 Å². The third kappa shape index (κ3) is 4.77. The van der Waals surface area contributed by atoms with Crippen molar-refractivity contribution in [3.8, 4) is 0 Å². The Morgan fingerprint density at radius 1 is 1.00 bits per heavy atom. The smallest absolute Gasteiger partial charge is 0.410 e. The van der Waals surface area contributed by atoms with E-state index in [9.17, 15) is 22.8 Å². The van der Waals surface area contributed by atoms with Crippen molar-refractivity contribution in [2.75, 3.05) is 31.5 Å². The Hall–Kier alpha value is -2.45. The van der Waals surface area contributed by atoms with E-state index in [4.69, 9.17) is 4.74 Å². The minimum atomic E-state index is -1.65. The fraction of sp³-hybridized carbons (Fsp3) is 0.500. The van der Waals surface area contributed by atoms with Crippen LogP contribution in [0.3, 0.4) is 0 Å². The zero-order chi connectivity index (χ0) is 18.8. The molecular weight excluding hydrogens is 339 g/mol. The van der Waals surface area contributed by atoms with Gasteiger partial charge in [-0.25, -0.2) is 22.8 Å². The van der Waals surface area contributed by atoms with Crippen molar-refractivity contribution >= 4 is 17.8 Å². The van der Waals surface area contributed by atoms with Gasteiger partial charge in [0, 0.05) is 26.2 Å². The number of nitrogens with zero attached hydrogens (tertiary/aromatic N) is 2. The zero-order valence-corrected chi connectivity index (χ0v) is 14.2. The molecule has 1 N–H and O–H groups in total. The average Bonchev–Trinajstić information content (AvgIpc) is 2.54. The quantitative estimate of drug-likeness (QED) is 0.784. The number of carbonyl (C=O) groups is 2. The SMILES string of the molecule is CC(C)(C)OC(=O)N1CCN(C(=O)Nc2ccc(F)c(F)c2F)CC1. The van der Waals surface area contributed by atoms with E-state index < -0.39 is 40.9 Å². The second-order valence-corrected chi connectivity index (χ2v) is 6.61. The molecule has 9 heteroatoms. The van der Waals surface area contributed by atoms with Crippen LogP contribution in [0.1, 0.15) is 20.8 Å². The molecule has 3 amide bonds. The molecule has 1 fully saturated rings. The van der Waals surface area contributed by atoms with Crippen LogP contribution in [0.5, 0.6) is 0 Å². The Morgan fingerprint density at radius 3 is 2.12 bits per heavy atom. The first-order valence-corrected chi connectivity index (χ1v) is 7.76. The maximum absolute atomic E-state index is 13.6. The molecule has 0 atom stereocenters. The van der Waals surface area contributed by atoms with Gasteiger partial charge in [-0.05, 0) is 32.9 Å². The van der Waals surface area contributed by atoms with Crippen LogP contribution in [0.4, 0.5) is 28.4 Å². The maximum atomic E-state index is 13.6. The highest BCUT2D eigenvalue weighted by molar-refractivity contribution is 5.89. The molecule has 138 valence electrons. The number of anilines is 1. The van der Waals surface area contributed by atoms with Crippen molar-refractivity contribution in [1.29, 1.82) is 0 Å².